The van der Waals surface area contributed by atoms with Crippen molar-refractivity contribution in [3.63, 3.8) is 0 Å². The molecule has 1 unspecified atom stereocenters. The number of rotatable bonds is 7. The maximum atomic E-state index is 12.0. The van der Waals surface area contributed by atoms with Gasteiger partial charge < -0.3 is 11.1 Å². The zero-order valence-electron chi connectivity index (χ0n) is 11.5. The predicted octanol–water partition coefficient (Wildman–Crippen LogP) is 2.30. The van der Waals surface area contributed by atoms with Gasteiger partial charge in [0.05, 0.1) is 5.92 Å². The van der Waals surface area contributed by atoms with Gasteiger partial charge in [0.2, 0.25) is 5.91 Å². The first kappa shape index (κ1) is 15.4. The number of hydrogen-bond acceptors (Lipinski definition) is 2. The normalized spacial score (nSPS) is 13.9. The Morgan fingerprint density at radius 1 is 1.38 bits per heavy atom. The molecule has 96 valence electrons. The molecule has 1 atom stereocenters. The van der Waals surface area contributed by atoms with Crippen molar-refractivity contribution in [2.24, 2.45) is 17.6 Å². The number of amides is 1. The van der Waals surface area contributed by atoms with E-state index in [-0.39, 0.29) is 17.4 Å². The van der Waals surface area contributed by atoms with Gasteiger partial charge in [-0.1, -0.05) is 27.2 Å². The molecule has 0 fully saturated rings. The molecule has 3 nitrogen and oxygen atoms in total. The van der Waals surface area contributed by atoms with E-state index < -0.39 is 0 Å². The molecule has 0 aliphatic rings. The molecule has 0 heterocycles. The Bertz CT molecular complexity index is 212. The SMILES string of the molecule is CCCC(C)(C)NC(=O)C(CN)CC(C)C. The fourth-order valence-corrected chi connectivity index (χ4v) is 2.00. The molecule has 3 N–H and O–H groups in total. The number of carbonyl (C=O) groups excluding carboxylic acids is 1. The van der Waals surface area contributed by atoms with Crippen LogP contribution in [0.4, 0.5) is 0 Å². The monoisotopic (exact) mass is 228 g/mol. The van der Waals surface area contributed by atoms with E-state index in [0.717, 1.165) is 19.3 Å². The molecule has 0 aromatic heterocycles. The highest BCUT2D eigenvalue weighted by Crippen LogP contribution is 2.15. The van der Waals surface area contributed by atoms with Crippen LogP contribution in [-0.2, 0) is 4.79 Å². The largest absolute Gasteiger partial charge is 0.351 e. The number of carbonyl (C=O) groups is 1. The summed E-state index contributed by atoms with van der Waals surface area (Å²) in [7, 11) is 0. The maximum Gasteiger partial charge on any atom is 0.224 e. The first-order chi connectivity index (χ1) is 7.32. The predicted molar refractivity (Wildman–Crippen MR) is 69.1 cm³/mol. The van der Waals surface area contributed by atoms with Crippen LogP contribution in [0.25, 0.3) is 0 Å². The lowest BCUT2D eigenvalue weighted by atomic mass is 9.93. The molecular formula is C13H28N2O. The van der Waals surface area contributed by atoms with Crippen LogP contribution < -0.4 is 11.1 Å². The zero-order chi connectivity index (χ0) is 12.8. The Balaban J connectivity index is 4.30. The average molecular weight is 228 g/mol. The first-order valence-electron chi connectivity index (χ1n) is 6.34. The van der Waals surface area contributed by atoms with Crippen molar-refractivity contribution in [1.29, 1.82) is 0 Å². The molecule has 0 rings (SSSR count). The van der Waals surface area contributed by atoms with E-state index in [1.54, 1.807) is 0 Å². The van der Waals surface area contributed by atoms with Gasteiger partial charge in [-0.3, -0.25) is 4.79 Å². The van der Waals surface area contributed by atoms with E-state index in [1.807, 2.05) is 0 Å². The van der Waals surface area contributed by atoms with Gasteiger partial charge >= 0.3 is 0 Å². The standard InChI is InChI=1S/C13H28N2O/c1-6-7-13(4,5)15-12(16)11(9-14)8-10(2)3/h10-11H,6-9,14H2,1-5H3,(H,15,16). The highest BCUT2D eigenvalue weighted by molar-refractivity contribution is 5.79. The third kappa shape index (κ3) is 6.11. The Morgan fingerprint density at radius 2 is 1.94 bits per heavy atom. The van der Waals surface area contributed by atoms with Crippen LogP contribution in [0, 0.1) is 11.8 Å². The zero-order valence-corrected chi connectivity index (χ0v) is 11.5. The minimum absolute atomic E-state index is 0.0452. The molecule has 0 saturated heterocycles. The third-order valence-corrected chi connectivity index (χ3v) is 2.75. The van der Waals surface area contributed by atoms with Gasteiger partial charge in [0.15, 0.2) is 0 Å². The van der Waals surface area contributed by atoms with E-state index >= 15 is 0 Å². The van der Waals surface area contributed by atoms with Crippen LogP contribution in [0.5, 0.6) is 0 Å². The summed E-state index contributed by atoms with van der Waals surface area (Å²) < 4.78 is 0. The Labute approximate surface area is 100 Å². The Morgan fingerprint density at radius 3 is 2.31 bits per heavy atom. The van der Waals surface area contributed by atoms with Crippen LogP contribution in [-0.4, -0.2) is 18.0 Å². The topological polar surface area (TPSA) is 55.1 Å². The second-order valence-corrected chi connectivity index (χ2v) is 5.69. The van der Waals surface area contributed by atoms with Gasteiger partial charge in [0.25, 0.3) is 0 Å². The van der Waals surface area contributed by atoms with Crippen molar-refractivity contribution in [2.45, 2.75) is 59.4 Å². The smallest absolute Gasteiger partial charge is 0.224 e. The molecule has 0 aliphatic heterocycles. The molecular weight excluding hydrogens is 200 g/mol. The van der Waals surface area contributed by atoms with Gasteiger partial charge in [-0.15, -0.1) is 0 Å². The van der Waals surface area contributed by atoms with E-state index in [4.69, 9.17) is 5.73 Å². The Hall–Kier alpha value is -0.570. The second-order valence-electron chi connectivity index (χ2n) is 5.69. The number of nitrogens with one attached hydrogen (secondary N) is 1. The van der Waals surface area contributed by atoms with E-state index in [2.05, 4.69) is 39.9 Å². The van der Waals surface area contributed by atoms with Gasteiger partial charge in [-0.05, 0) is 32.6 Å². The van der Waals surface area contributed by atoms with Crippen molar-refractivity contribution in [2.75, 3.05) is 6.54 Å². The van der Waals surface area contributed by atoms with Crippen LogP contribution in [0.15, 0.2) is 0 Å². The molecule has 1 amide bonds. The number of nitrogens with two attached hydrogens (primary N) is 1. The van der Waals surface area contributed by atoms with Crippen LogP contribution in [0.1, 0.15) is 53.9 Å². The lowest BCUT2D eigenvalue weighted by Gasteiger charge is -2.28. The summed E-state index contributed by atoms with van der Waals surface area (Å²) in [6, 6.07) is 0. The van der Waals surface area contributed by atoms with Crippen LogP contribution >= 0.6 is 0 Å². The molecule has 3 heteroatoms. The fraction of sp³-hybridized carbons (Fsp3) is 0.923. The third-order valence-electron chi connectivity index (χ3n) is 2.75. The highest BCUT2D eigenvalue weighted by Gasteiger charge is 2.24. The minimum atomic E-state index is -0.115. The molecule has 0 saturated carbocycles. The van der Waals surface area contributed by atoms with Crippen LogP contribution in [0.3, 0.4) is 0 Å². The average Bonchev–Trinajstić information content (AvgIpc) is 2.12. The van der Waals surface area contributed by atoms with Crippen molar-refractivity contribution in [3.05, 3.63) is 0 Å². The number of hydrogen-bond donors (Lipinski definition) is 2. The lowest BCUT2D eigenvalue weighted by molar-refractivity contribution is -0.126. The van der Waals surface area contributed by atoms with E-state index in [9.17, 15) is 4.79 Å². The van der Waals surface area contributed by atoms with E-state index in [1.165, 1.54) is 0 Å². The van der Waals surface area contributed by atoms with E-state index in [0.29, 0.717) is 12.5 Å². The highest BCUT2D eigenvalue weighted by atomic mass is 16.2. The lowest BCUT2D eigenvalue weighted by Crippen LogP contribution is -2.47. The summed E-state index contributed by atoms with van der Waals surface area (Å²) in [6.07, 6.45) is 2.94. The molecule has 0 aromatic rings. The molecule has 0 radical (unpaired) electrons. The Kier molecular flexibility index (Phi) is 6.65. The summed E-state index contributed by atoms with van der Waals surface area (Å²) in [6.45, 7) is 10.9. The van der Waals surface area contributed by atoms with Gasteiger partial charge in [0, 0.05) is 12.1 Å². The molecule has 0 spiro atoms. The minimum Gasteiger partial charge on any atom is -0.351 e. The fourth-order valence-electron chi connectivity index (χ4n) is 2.00. The maximum absolute atomic E-state index is 12.0. The molecule has 16 heavy (non-hydrogen) atoms. The van der Waals surface area contributed by atoms with Gasteiger partial charge in [-0.2, -0.15) is 0 Å². The molecule has 0 bridgehead atoms. The summed E-state index contributed by atoms with van der Waals surface area (Å²) in [5.74, 6) is 0.569. The first-order valence-corrected chi connectivity index (χ1v) is 6.34. The quantitative estimate of drug-likeness (QED) is 0.702. The summed E-state index contributed by atoms with van der Waals surface area (Å²) in [5.41, 5.74) is 5.54. The summed E-state index contributed by atoms with van der Waals surface area (Å²) >= 11 is 0. The molecule has 0 aliphatic carbocycles. The second kappa shape index (κ2) is 6.89. The van der Waals surface area contributed by atoms with Crippen molar-refractivity contribution in [3.8, 4) is 0 Å². The summed E-state index contributed by atoms with van der Waals surface area (Å²) in [5, 5.41) is 3.09. The van der Waals surface area contributed by atoms with Crippen molar-refractivity contribution < 1.29 is 4.79 Å². The van der Waals surface area contributed by atoms with Crippen molar-refractivity contribution >= 4 is 5.91 Å². The summed E-state index contributed by atoms with van der Waals surface area (Å²) in [4.78, 5) is 12.0. The molecule has 0 aromatic carbocycles. The van der Waals surface area contributed by atoms with Gasteiger partial charge in [0.1, 0.15) is 0 Å². The van der Waals surface area contributed by atoms with Gasteiger partial charge in [-0.25, -0.2) is 0 Å². The van der Waals surface area contributed by atoms with Crippen molar-refractivity contribution in [1.82, 2.24) is 5.32 Å². The van der Waals surface area contributed by atoms with Crippen LogP contribution in [0.2, 0.25) is 0 Å².